The Bertz CT molecular complexity index is 608. The Balaban J connectivity index is 1.89. The molecular formula is C18H19NO3. The number of ether oxygens (including phenoxy) is 2. The standard InChI is InChI=1S/C18H19NO3/c1-3-13-21-16-11-9-15(10-12-16)19-18(20)14(2)22-17-7-5-4-6-8-17/h3-12,14H,1,13H2,2H3,(H,19,20)/t14-/m1/s1. The third kappa shape index (κ3) is 4.66. The molecular weight excluding hydrogens is 278 g/mol. The normalized spacial score (nSPS) is 11.3. The van der Waals surface area contributed by atoms with Gasteiger partial charge >= 0.3 is 0 Å². The summed E-state index contributed by atoms with van der Waals surface area (Å²) < 4.78 is 11.0. The first-order valence-electron chi connectivity index (χ1n) is 7.05. The van der Waals surface area contributed by atoms with Gasteiger partial charge in [-0.1, -0.05) is 30.9 Å². The molecule has 0 aliphatic rings. The summed E-state index contributed by atoms with van der Waals surface area (Å²) in [4.78, 5) is 12.1. The Morgan fingerprint density at radius 3 is 2.45 bits per heavy atom. The second kappa shape index (κ2) is 7.88. The number of amides is 1. The van der Waals surface area contributed by atoms with Gasteiger partial charge in [0.2, 0.25) is 0 Å². The van der Waals surface area contributed by atoms with Crippen molar-refractivity contribution in [3.05, 3.63) is 67.3 Å². The van der Waals surface area contributed by atoms with Gasteiger partial charge in [0, 0.05) is 5.69 Å². The van der Waals surface area contributed by atoms with Crippen LogP contribution in [0.25, 0.3) is 0 Å². The number of rotatable bonds is 7. The maximum atomic E-state index is 12.1. The van der Waals surface area contributed by atoms with E-state index >= 15 is 0 Å². The highest BCUT2D eigenvalue weighted by molar-refractivity contribution is 5.94. The average molecular weight is 297 g/mol. The van der Waals surface area contributed by atoms with E-state index in [1.165, 1.54) is 0 Å². The van der Waals surface area contributed by atoms with E-state index in [-0.39, 0.29) is 5.91 Å². The van der Waals surface area contributed by atoms with Gasteiger partial charge in [0.1, 0.15) is 18.1 Å². The highest BCUT2D eigenvalue weighted by Crippen LogP contribution is 2.17. The molecule has 2 aromatic rings. The quantitative estimate of drug-likeness (QED) is 0.793. The van der Waals surface area contributed by atoms with Gasteiger partial charge in [0.15, 0.2) is 6.10 Å². The molecule has 0 heterocycles. The molecule has 2 rings (SSSR count). The van der Waals surface area contributed by atoms with E-state index < -0.39 is 6.10 Å². The third-order valence-electron chi connectivity index (χ3n) is 2.91. The van der Waals surface area contributed by atoms with Crippen LogP contribution >= 0.6 is 0 Å². The molecule has 114 valence electrons. The molecule has 0 aromatic heterocycles. The second-order valence-electron chi connectivity index (χ2n) is 4.69. The highest BCUT2D eigenvalue weighted by Gasteiger charge is 2.14. The summed E-state index contributed by atoms with van der Waals surface area (Å²) in [7, 11) is 0. The van der Waals surface area contributed by atoms with Crippen LogP contribution in [0.3, 0.4) is 0 Å². The van der Waals surface area contributed by atoms with Crippen molar-refractivity contribution in [2.75, 3.05) is 11.9 Å². The molecule has 0 unspecified atom stereocenters. The summed E-state index contributed by atoms with van der Waals surface area (Å²) in [6, 6.07) is 16.4. The maximum Gasteiger partial charge on any atom is 0.265 e. The zero-order chi connectivity index (χ0) is 15.8. The third-order valence-corrected chi connectivity index (χ3v) is 2.91. The second-order valence-corrected chi connectivity index (χ2v) is 4.69. The molecule has 4 heteroatoms. The van der Waals surface area contributed by atoms with Crippen LogP contribution in [-0.2, 0) is 4.79 Å². The number of hydrogen-bond donors (Lipinski definition) is 1. The Hall–Kier alpha value is -2.75. The van der Waals surface area contributed by atoms with E-state index in [9.17, 15) is 4.79 Å². The van der Waals surface area contributed by atoms with Crippen molar-refractivity contribution in [2.45, 2.75) is 13.0 Å². The van der Waals surface area contributed by atoms with Gasteiger partial charge in [0.05, 0.1) is 0 Å². The predicted molar refractivity (Wildman–Crippen MR) is 87.3 cm³/mol. The van der Waals surface area contributed by atoms with Gasteiger partial charge in [-0.2, -0.15) is 0 Å². The lowest BCUT2D eigenvalue weighted by molar-refractivity contribution is -0.122. The fourth-order valence-corrected chi connectivity index (χ4v) is 1.79. The predicted octanol–water partition coefficient (Wildman–Crippen LogP) is 3.66. The Labute approximate surface area is 130 Å². The van der Waals surface area contributed by atoms with Gasteiger partial charge < -0.3 is 14.8 Å². The van der Waals surface area contributed by atoms with Crippen molar-refractivity contribution in [1.29, 1.82) is 0 Å². The summed E-state index contributed by atoms with van der Waals surface area (Å²) in [6.07, 6.45) is 1.09. The van der Waals surface area contributed by atoms with Crippen molar-refractivity contribution < 1.29 is 14.3 Å². The first kappa shape index (κ1) is 15.6. The highest BCUT2D eigenvalue weighted by atomic mass is 16.5. The van der Waals surface area contributed by atoms with Crippen molar-refractivity contribution in [1.82, 2.24) is 0 Å². The van der Waals surface area contributed by atoms with Crippen LogP contribution in [0.4, 0.5) is 5.69 Å². The maximum absolute atomic E-state index is 12.1. The molecule has 0 saturated carbocycles. The van der Waals surface area contributed by atoms with Crippen LogP contribution in [0.5, 0.6) is 11.5 Å². The Morgan fingerprint density at radius 2 is 1.82 bits per heavy atom. The monoisotopic (exact) mass is 297 g/mol. The molecule has 1 atom stereocenters. The van der Waals surface area contributed by atoms with Crippen LogP contribution in [0.2, 0.25) is 0 Å². The van der Waals surface area contributed by atoms with Gasteiger partial charge in [-0.3, -0.25) is 4.79 Å². The molecule has 0 aliphatic heterocycles. The van der Waals surface area contributed by atoms with Crippen molar-refractivity contribution in [2.24, 2.45) is 0 Å². The van der Waals surface area contributed by atoms with Crippen molar-refractivity contribution >= 4 is 11.6 Å². The zero-order valence-electron chi connectivity index (χ0n) is 12.5. The SMILES string of the molecule is C=CCOc1ccc(NC(=O)[C@@H](C)Oc2ccccc2)cc1. The molecule has 1 N–H and O–H groups in total. The summed E-state index contributed by atoms with van der Waals surface area (Å²) >= 11 is 0. The smallest absolute Gasteiger partial charge is 0.265 e. The number of para-hydroxylation sites is 1. The number of nitrogens with one attached hydrogen (secondary N) is 1. The molecule has 0 bridgehead atoms. The molecule has 0 radical (unpaired) electrons. The lowest BCUT2D eigenvalue weighted by Crippen LogP contribution is -2.30. The summed E-state index contributed by atoms with van der Waals surface area (Å²) in [5, 5.41) is 2.81. The average Bonchev–Trinajstić information content (AvgIpc) is 2.55. The van der Waals surface area contributed by atoms with Gasteiger partial charge in [-0.05, 0) is 43.3 Å². The van der Waals surface area contributed by atoms with E-state index in [0.29, 0.717) is 18.0 Å². The van der Waals surface area contributed by atoms with Gasteiger partial charge in [0.25, 0.3) is 5.91 Å². The minimum atomic E-state index is -0.584. The molecule has 22 heavy (non-hydrogen) atoms. The van der Waals surface area contributed by atoms with E-state index in [1.54, 1.807) is 37.3 Å². The van der Waals surface area contributed by atoms with E-state index in [0.717, 1.165) is 5.75 Å². The fourth-order valence-electron chi connectivity index (χ4n) is 1.79. The van der Waals surface area contributed by atoms with Gasteiger partial charge in [-0.25, -0.2) is 0 Å². The van der Waals surface area contributed by atoms with E-state index in [2.05, 4.69) is 11.9 Å². The van der Waals surface area contributed by atoms with Crippen LogP contribution in [0.1, 0.15) is 6.92 Å². The lowest BCUT2D eigenvalue weighted by Gasteiger charge is -2.14. The molecule has 4 nitrogen and oxygen atoms in total. The number of benzene rings is 2. The topological polar surface area (TPSA) is 47.6 Å². The van der Waals surface area contributed by atoms with Gasteiger partial charge in [-0.15, -0.1) is 0 Å². The summed E-state index contributed by atoms with van der Waals surface area (Å²) in [6.45, 7) is 5.75. The van der Waals surface area contributed by atoms with Crippen LogP contribution in [0.15, 0.2) is 67.3 Å². The number of carbonyl (C=O) groups is 1. The van der Waals surface area contributed by atoms with Crippen molar-refractivity contribution in [3.63, 3.8) is 0 Å². The summed E-state index contributed by atoms with van der Waals surface area (Å²) in [5.74, 6) is 1.19. The first-order chi connectivity index (χ1) is 10.7. The fraction of sp³-hybridized carbons (Fsp3) is 0.167. The molecule has 0 saturated heterocycles. The number of carbonyl (C=O) groups excluding carboxylic acids is 1. The molecule has 0 spiro atoms. The lowest BCUT2D eigenvalue weighted by atomic mass is 10.2. The minimum absolute atomic E-state index is 0.205. The molecule has 0 aliphatic carbocycles. The summed E-state index contributed by atoms with van der Waals surface area (Å²) in [5.41, 5.74) is 0.694. The Kier molecular flexibility index (Phi) is 5.60. The number of hydrogen-bond acceptors (Lipinski definition) is 3. The van der Waals surface area contributed by atoms with E-state index in [1.807, 2.05) is 30.3 Å². The molecule has 2 aromatic carbocycles. The molecule has 0 fully saturated rings. The van der Waals surface area contributed by atoms with Crippen LogP contribution in [0, 0.1) is 0 Å². The Morgan fingerprint density at radius 1 is 1.14 bits per heavy atom. The van der Waals surface area contributed by atoms with Crippen molar-refractivity contribution in [3.8, 4) is 11.5 Å². The molecule has 1 amide bonds. The van der Waals surface area contributed by atoms with Crippen LogP contribution < -0.4 is 14.8 Å². The largest absolute Gasteiger partial charge is 0.490 e. The minimum Gasteiger partial charge on any atom is -0.490 e. The first-order valence-corrected chi connectivity index (χ1v) is 7.05. The van der Waals surface area contributed by atoms with E-state index in [4.69, 9.17) is 9.47 Å². The number of anilines is 1. The van der Waals surface area contributed by atoms with Crippen LogP contribution in [-0.4, -0.2) is 18.6 Å². The zero-order valence-corrected chi connectivity index (χ0v) is 12.5.